The highest BCUT2D eigenvalue weighted by Crippen LogP contribution is 2.21. The summed E-state index contributed by atoms with van der Waals surface area (Å²) in [5.74, 6) is -0.417. The van der Waals surface area contributed by atoms with Gasteiger partial charge in [0.15, 0.2) is 0 Å². The van der Waals surface area contributed by atoms with Gasteiger partial charge in [-0.3, -0.25) is 10.1 Å². The number of aromatic amines is 1. The Kier molecular flexibility index (Phi) is 1.99. The van der Waals surface area contributed by atoms with Crippen molar-refractivity contribution >= 4 is 12.0 Å². The Labute approximate surface area is 80.4 Å². The lowest BCUT2D eigenvalue weighted by Crippen LogP contribution is -2.20. The maximum atomic E-state index is 11.2. The molecular weight excluding hydrogens is 184 g/mol. The van der Waals surface area contributed by atoms with Gasteiger partial charge in [-0.05, 0) is 18.6 Å². The second-order valence-electron chi connectivity index (χ2n) is 3.07. The van der Waals surface area contributed by atoms with Gasteiger partial charge in [0, 0.05) is 5.69 Å². The molecule has 1 atom stereocenters. The van der Waals surface area contributed by atoms with Crippen molar-refractivity contribution in [2.24, 2.45) is 0 Å². The summed E-state index contributed by atoms with van der Waals surface area (Å²) in [6, 6.07) is 3.62. The number of ether oxygens (including phenoxy) is 1. The van der Waals surface area contributed by atoms with Gasteiger partial charge < -0.3 is 9.72 Å². The van der Waals surface area contributed by atoms with Crippen molar-refractivity contribution in [1.29, 1.82) is 0 Å². The molecule has 1 aliphatic heterocycles. The van der Waals surface area contributed by atoms with Crippen LogP contribution in [0.15, 0.2) is 12.1 Å². The zero-order chi connectivity index (χ0) is 10.1. The summed E-state index contributed by atoms with van der Waals surface area (Å²) in [4.78, 5) is 25.0. The van der Waals surface area contributed by atoms with Crippen LogP contribution in [0.25, 0.3) is 0 Å². The van der Waals surface area contributed by atoms with E-state index >= 15 is 0 Å². The minimum Gasteiger partial charge on any atom is -0.429 e. The highest BCUT2D eigenvalue weighted by Gasteiger charge is 2.34. The Morgan fingerprint density at radius 3 is 2.71 bits per heavy atom. The maximum absolute atomic E-state index is 11.2. The van der Waals surface area contributed by atoms with E-state index in [2.05, 4.69) is 10.3 Å². The minimum absolute atomic E-state index is 0.417. The molecule has 0 spiro atoms. The number of carbonyl (C=O) groups excluding carboxylic acids is 2. The van der Waals surface area contributed by atoms with Crippen LogP contribution in [0.4, 0.5) is 4.79 Å². The van der Waals surface area contributed by atoms with Gasteiger partial charge in [-0.25, -0.2) is 4.79 Å². The molecule has 2 N–H and O–H groups in total. The smallest absolute Gasteiger partial charge is 0.415 e. The zero-order valence-electron chi connectivity index (χ0n) is 7.66. The standard InChI is InChI=1S/C9H10N2O3/c1-2-5-3-4-6(10-5)7-8(12)11-9(13)14-7/h3-4,7,10H,2H2,1H3,(H,11,12,13). The Morgan fingerprint density at radius 1 is 1.43 bits per heavy atom. The summed E-state index contributed by atoms with van der Waals surface area (Å²) >= 11 is 0. The molecule has 0 saturated carbocycles. The van der Waals surface area contributed by atoms with Gasteiger partial charge in [0.2, 0.25) is 6.10 Å². The van der Waals surface area contributed by atoms with Crippen molar-refractivity contribution in [3.8, 4) is 0 Å². The SMILES string of the molecule is CCc1ccc(C2OC(=O)NC2=O)[nH]1. The molecule has 1 aromatic rings. The van der Waals surface area contributed by atoms with Crippen LogP contribution in [0.5, 0.6) is 0 Å². The van der Waals surface area contributed by atoms with Crippen molar-refractivity contribution in [3.05, 3.63) is 23.5 Å². The Morgan fingerprint density at radius 2 is 2.21 bits per heavy atom. The number of carbonyl (C=O) groups is 2. The molecule has 2 rings (SSSR count). The summed E-state index contributed by atoms with van der Waals surface area (Å²) < 4.78 is 4.79. The average Bonchev–Trinajstić information content (AvgIpc) is 2.71. The number of hydrogen-bond donors (Lipinski definition) is 2. The largest absolute Gasteiger partial charge is 0.429 e. The molecule has 1 fully saturated rings. The van der Waals surface area contributed by atoms with Gasteiger partial charge in [-0.2, -0.15) is 0 Å². The molecule has 0 aliphatic carbocycles. The molecule has 1 aromatic heterocycles. The van der Waals surface area contributed by atoms with Crippen molar-refractivity contribution in [1.82, 2.24) is 10.3 Å². The lowest BCUT2D eigenvalue weighted by molar-refractivity contribution is -0.123. The number of amides is 2. The van der Waals surface area contributed by atoms with Crippen molar-refractivity contribution in [2.45, 2.75) is 19.4 Å². The van der Waals surface area contributed by atoms with Crippen LogP contribution in [-0.2, 0) is 16.0 Å². The Bertz CT molecular complexity index is 383. The first-order chi connectivity index (χ1) is 6.70. The third kappa shape index (κ3) is 1.37. The van der Waals surface area contributed by atoms with Crippen LogP contribution in [0.3, 0.4) is 0 Å². The lowest BCUT2D eigenvalue weighted by atomic mass is 10.2. The van der Waals surface area contributed by atoms with Crippen molar-refractivity contribution in [2.75, 3.05) is 0 Å². The van der Waals surface area contributed by atoms with E-state index in [-0.39, 0.29) is 0 Å². The summed E-state index contributed by atoms with van der Waals surface area (Å²) in [7, 11) is 0. The summed E-state index contributed by atoms with van der Waals surface area (Å²) in [5.41, 5.74) is 1.63. The van der Waals surface area contributed by atoms with E-state index in [9.17, 15) is 9.59 Å². The summed E-state index contributed by atoms with van der Waals surface area (Å²) in [6.07, 6.45) is -0.655. The predicted octanol–water partition coefficient (Wildman–Crippen LogP) is 0.885. The molecule has 1 aliphatic rings. The third-order valence-electron chi connectivity index (χ3n) is 2.12. The summed E-state index contributed by atoms with van der Waals surface area (Å²) in [6.45, 7) is 2.00. The fourth-order valence-corrected chi connectivity index (χ4v) is 1.38. The number of aromatic nitrogens is 1. The molecule has 5 heteroatoms. The second-order valence-corrected chi connectivity index (χ2v) is 3.07. The number of H-pyrrole nitrogens is 1. The molecular formula is C9H10N2O3. The fraction of sp³-hybridized carbons (Fsp3) is 0.333. The van der Waals surface area contributed by atoms with Crippen molar-refractivity contribution < 1.29 is 14.3 Å². The van der Waals surface area contributed by atoms with E-state index in [4.69, 9.17) is 4.74 Å². The van der Waals surface area contributed by atoms with Gasteiger partial charge in [0.1, 0.15) is 0 Å². The minimum atomic E-state index is -0.817. The van der Waals surface area contributed by atoms with Gasteiger partial charge in [-0.15, -0.1) is 0 Å². The van der Waals surface area contributed by atoms with Gasteiger partial charge in [0.05, 0.1) is 5.69 Å². The molecule has 1 unspecified atom stereocenters. The number of nitrogens with one attached hydrogen (secondary N) is 2. The van der Waals surface area contributed by atoms with Crippen molar-refractivity contribution in [3.63, 3.8) is 0 Å². The van der Waals surface area contributed by atoms with Crippen LogP contribution in [0.2, 0.25) is 0 Å². The highest BCUT2D eigenvalue weighted by molar-refractivity contribution is 6.00. The Hall–Kier alpha value is -1.78. The summed E-state index contributed by atoms with van der Waals surface area (Å²) in [5, 5.41) is 2.07. The maximum Gasteiger partial charge on any atom is 0.415 e. The molecule has 0 aromatic carbocycles. The number of cyclic esters (lactones) is 1. The number of imide groups is 1. The number of alkyl carbamates (subject to hydrolysis) is 1. The van der Waals surface area contributed by atoms with E-state index in [0.29, 0.717) is 5.69 Å². The zero-order valence-corrected chi connectivity index (χ0v) is 7.66. The quantitative estimate of drug-likeness (QED) is 0.734. The van der Waals surface area contributed by atoms with E-state index in [1.807, 2.05) is 13.0 Å². The van der Waals surface area contributed by atoms with E-state index in [1.165, 1.54) is 0 Å². The molecule has 0 bridgehead atoms. The molecule has 2 heterocycles. The normalized spacial score (nSPS) is 20.8. The molecule has 0 radical (unpaired) electrons. The molecule has 74 valence electrons. The number of aryl methyl sites for hydroxylation is 1. The van der Waals surface area contributed by atoms with E-state index < -0.39 is 18.1 Å². The van der Waals surface area contributed by atoms with Crippen LogP contribution in [-0.4, -0.2) is 17.0 Å². The molecule has 1 saturated heterocycles. The predicted molar refractivity (Wildman–Crippen MR) is 47.5 cm³/mol. The van der Waals surface area contributed by atoms with E-state index in [0.717, 1.165) is 12.1 Å². The van der Waals surface area contributed by atoms with Gasteiger partial charge in [-0.1, -0.05) is 6.92 Å². The number of hydrogen-bond acceptors (Lipinski definition) is 3. The third-order valence-corrected chi connectivity index (χ3v) is 2.12. The average molecular weight is 194 g/mol. The highest BCUT2D eigenvalue weighted by atomic mass is 16.6. The van der Waals surface area contributed by atoms with E-state index in [1.54, 1.807) is 6.07 Å². The first kappa shape index (κ1) is 8.80. The van der Waals surface area contributed by atoms with Gasteiger partial charge >= 0.3 is 6.09 Å². The molecule has 14 heavy (non-hydrogen) atoms. The lowest BCUT2D eigenvalue weighted by Gasteiger charge is -2.02. The van der Waals surface area contributed by atoms with Crippen LogP contribution >= 0.6 is 0 Å². The second kappa shape index (κ2) is 3.17. The van der Waals surface area contributed by atoms with Crippen LogP contribution in [0.1, 0.15) is 24.4 Å². The molecule has 5 nitrogen and oxygen atoms in total. The Balaban J connectivity index is 2.22. The topological polar surface area (TPSA) is 71.2 Å². The van der Waals surface area contributed by atoms with Crippen LogP contribution in [0, 0.1) is 0 Å². The monoisotopic (exact) mass is 194 g/mol. The first-order valence-corrected chi connectivity index (χ1v) is 4.40. The molecule has 2 amide bonds. The van der Waals surface area contributed by atoms with Crippen LogP contribution < -0.4 is 5.32 Å². The van der Waals surface area contributed by atoms with Gasteiger partial charge in [0.25, 0.3) is 5.91 Å². The number of rotatable bonds is 2. The fourth-order valence-electron chi connectivity index (χ4n) is 1.38. The first-order valence-electron chi connectivity index (χ1n) is 4.40.